The number of rotatable bonds is 6. The van der Waals surface area contributed by atoms with E-state index >= 15 is 0 Å². The molecule has 2 aliphatic rings. The zero-order valence-electron chi connectivity index (χ0n) is 18.6. The lowest BCUT2D eigenvalue weighted by molar-refractivity contribution is 0.0684. The van der Waals surface area contributed by atoms with E-state index in [1.807, 2.05) is 31.2 Å². The molecular formula is C22H27N3O7S. The second-order valence-electron chi connectivity index (χ2n) is 7.75. The third kappa shape index (κ3) is 5.98. The van der Waals surface area contributed by atoms with Crippen molar-refractivity contribution in [3.05, 3.63) is 41.7 Å². The van der Waals surface area contributed by atoms with Gasteiger partial charge in [-0.15, -0.1) is 0 Å². The predicted molar refractivity (Wildman–Crippen MR) is 118 cm³/mol. The van der Waals surface area contributed by atoms with E-state index in [2.05, 4.69) is 9.97 Å². The van der Waals surface area contributed by atoms with Gasteiger partial charge in [0.15, 0.2) is 0 Å². The maximum atomic E-state index is 11.9. The first kappa shape index (κ1) is 23.4. The van der Waals surface area contributed by atoms with E-state index in [-0.39, 0.29) is 18.1 Å². The van der Waals surface area contributed by atoms with E-state index in [0.717, 1.165) is 5.56 Å². The normalized spacial score (nSPS) is 21.5. The van der Waals surface area contributed by atoms with Gasteiger partial charge in [0.05, 0.1) is 25.4 Å². The van der Waals surface area contributed by atoms with Crippen LogP contribution in [-0.2, 0) is 24.5 Å². The number of hydrogen-bond donors (Lipinski definition) is 0. The van der Waals surface area contributed by atoms with E-state index in [9.17, 15) is 9.00 Å². The summed E-state index contributed by atoms with van der Waals surface area (Å²) in [5.41, 5.74) is 1.71. The van der Waals surface area contributed by atoms with Gasteiger partial charge in [0.2, 0.25) is 11.8 Å². The summed E-state index contributed by atoms with van der Waals surface area (Å²) >= 11 is -1.65. The van der Waals surface area contributed by atoms with Crippen molar-refractivity contribution >= 4 is 17.5 Å². The molecule has 178 valence electrons. The molecule has 2 aromatic rings. The Kier molecular flexibility index (Phi) is 7.73. The smallest absolute Gasteiger partial charge is 0.409 e. The van der Waals surface area contributed by atoms with Crippen LogP contribution in [0.15, 0.2) is 30.6 Å². The van der Waals surface area contributed by atoms with Gasteiger partial charge in [-0.05, 0) is 31.5 Å². The number of nitrogens with zero attached hydrogens (tertiary/aromatic N) is 3. The highest BCUT2D eigenvalue weighted by Crippen LogP contribution is 2.30. The summed E-state index contributed by atoms with van der Waals surface area (Å²) in [5, 5.41) is 0. The second kappa shape index (κ2) is 10.9. The second-order valence-corrected chi connectivity index (χ2v) is 8.63. The molecular weight excluding hydrogens is 450 g/mol. The molecule has 0 spiro atoms. The van der Waals surface area contributed by atoms with Gasteiger partial charge >= 0.3 is 17.5 Å². The molecule has 0 N–H and O–H groups in total. The fourth-order valence-corrected chi connectivity index (χ4v) is 4.26. The number of ether oxygens (including phenoxy) is 3. The lowest BCUT2D eigenvalue weighted by Gasteiger charge is -2.31. The average molecular weight is 478 g/mol. The Morgan fingerprint density at radius 1 is 1.12 bits per heavy atom. The summed E-state index contributed by atoms with van der Waals surface area (Å²) in [6.45, 7) is 5.86. The summed E-state index contributed by atoms with van der Waals surface area (Å²) in [6.07, 6.45) is 2.47. The highest BCUT2D eigenvalue weighted by Gasteiger charge is 2.26. The molecule has 3 heterocycles. The van der Waals surface area contributed by atoms with Gasteiger partial charge in [-0.25, -0.2) is 14.8 Å². The quantitative estimate of drug-likeness (QED) is 0.619. The van der Waals surface area contributed by atoms with E-state index in [1.54, 1.807) is 11.8 Å². The lowest BCUT2D eigenvalue weighted by atomic mass is 10.0. The molecule has 0 aliphatic carbocycles. The molecule has 2 aliphatic heterocycles. The number of benzene rings is 1. The Balaban J connectivity index is 1.35. The van der Waals surface area contributed by atoms with Gasteiger partial charge in [-0.2, -0.15) is 4.21 Å². The topological polar surface area (TPSA) is 109 Å². The molecule has 0 unspecified atom stereocenters. The van der Waals surface area contributed by atoms with Crippen molar-refractivity contribution in [3.8, 4) is 17.5 Å². The highest BCUT2D eigenvalue weighted by atomic mass is 32.2. The standard InChI is InChI=1S/C22H27N3O7S/c1-3-28-22(26)25-10-8-19(9-11-25)32-21-15(2)20(23-14-24-21)31-18-6-4-16(5-7-18)17-12-29-33(27)30-13-17/h4-7,14,17,19H,3,8-13H2,1-2H3/t17-,33-. The maximum absolute atomic E-state index is 11.9. The van der Waals surface area contributed by atoms with E-state index in [4.69, 9.17) is 22.6 Å². The molecule has 11 heteroatoms. The molecule has 0 bridgehead atoms. The Bertz CT molecular complexity index is 970. The SMILES string of the molecule is CCOC(=O)N1CCC(Oc2ncnc(Oc3ccc([C@H]4CO[S@](=O)OC4)cc3)c2C)CC1. The number of aromatic nitrogens is 2. The van der Waals surface area contributed by atoms with Crippen molar-refractivity contribution in [2.75, 3.05) is 32.9 Å². The van der Waals surface area contributed by atoms with E-state index in [0.29, 0.717) is 68.8 Å². The Morgan fingerprint density at radius 2 is 1.79 bits per heavy atom. The third-order valence-electron chi connectivity index (χ3n) is 5.53. The average Bonchev–Trinajstić information content (AvgIpc) is 2.83. The predicted octanol–water partition coefficient (Wildman–Crippen LogP) is 3.29. The molecule has 2 fully saturated rings. The molecule has 0 saturated carbocycles. The minimum atomic E-state index is -1.65. The van der Waals surface area contributed by atoms with Gasteiger partial charge < -0.3 is 19.1 Å². The van der Waals surface area contributed by atoms with Crippen LogP contribution in [0.5, 0.6) is 17.5 Å². The monoisotopic (exact) mass is 477 g/mol. The van der Waals surface area contributed by atoms with Crippen molar-refractivity contribution in [2.24, 2.45) is 0 Å². The fourth-order valence-electron chi connectivity index (χ4n) is 3.64. The van der Waals surface area contributed by atoms with Gasteiger partial charge in [0.1, 0.15) is 18.2 Å². The summed E-state index contributed by atoms with van der Waals surface area (Å²) in [6, 6.07) is 7.53. The van der Waals surface area contributed by atoms with E-state index in [1.165, 1.54) is 6.33 Å². The van der Waals surface area contributed by atoms with Crippen LogP contribution >= 0.6 is 0 Å². The van der Waals surface area contributed by atoms with Crippen LogP contribution in [0.3, 0.4) is 0 Å². The fraction of sp³-hybridized carbons (Fsp3) is 0.500. The Morgan fingerprint density at radius 3 is 2.45 bits per heavy atom. The van der Waals surface area contributed by atoms with Crippen molar-refractivity contribution in [2.45, 2.75) is 38.7 Å². The molecule has 2 saturated heterocycles. The number of likely N-dealkylation sites (tertiary alicyclic amines) is 1. The molecule has 4 rings (SSSR count). The maximum Gasteiger partial charge on any atom is 0.409 e. The third-order valence-corrected chi connectivity index (χ3v) is 6.19. The highest BCUT2D eigenvalue weighted by molar-refractivity contribution is 7.75. The van der Waals surface area contributed by atoms with Crippen molar-refractivity contribution in [1.82, 2.24) is 14.9 Å². The van der Waals surface area contributed by atoms with Crippen LogP contribution in [0.1, 0.15) is 36.8 Å². The first-order chi connectivity index (χ1) is 16.0. The molecule has 0 radical (unpaired) electrons. The number of amides is 1. The molecule has 33 heavy (non-hydrogen) atoms. The van der Waals surface area contributed by atoms with Gasteiger partial charge in [-0.3, -0.25) is 8.37 Å². The minimum Gasteiger partial charge on any atom is -0.474 e. The van der Waals surface area contributed by atoms with Gasteiger partial charge in [-0.1, -0.05) is 12.1 Å². The van der Waals surface area contributed by atoms with E-state index < -0.39 is 11.4 Å². The Labute approximate surface area is 195 Å². The number of carbonyl (C=O) groups excluding carboxylic acids is 1. The molecule has 1 aromatic carbocycles. The van der Waals surface area contributed by atoms with Crippen LogP contribution in [0, 0.1) is 6.92 Å². The van der Waals surface area contributed by atoms with Crippen molar-refractivity contribution < 1.29 is 31.6 Å². The number of carbonyl (C=O) groups is 1. The Hall–Kier alpha value is -2.76. The van der Waals surface area contributed by atoms with Crippen LogP contribution in [0.2, 0.25) is 0 Å². The largest absolute Gasteiger partial charge is 0.474 e. The van der Waals surface area contributed by atoms with Crippen molar-refractivity contribution in [3.63, 3.8) is 0 Å². The molecule has 1 amide bonds. The van der Waals surface area contributed by atoms with Crippen LogP contribution < -0.4 is 9.47 Å². The molecule has 1 aromatic heterocycles. The molecule has 0 atom stereocenters. The van der Waals surface area contributed by atoms with Gasteiger partial charge in [0.25, 0.3) is 0 Å². The van der Waals surface area contributed by atoms with Crippen LogP contribution in [0.25, 0.3) is 0 Å². The summed E-state index contributed by atoms with van der Waals surface area (Å²) in [4.78, 5) is 22.1. The minimum absolute atomic E-state index is 0.0211. The zero-order valence-corrected chi connectivity index (χ0v) is 19.4. The summed E-state index contributed by atoms with van der Waals surface area (Å²) in [7, 11) is 0. The van der Waals surface area contributed by atoms with Crippen LogP contribution in [-0.4, -0.2) is 64.2 Å². The first-order valence-corrected chi connectivity index (χ1v) is 11.9. The van der Waals surface area contributed by atoms with Gasteiger partial charge in [0, 0.05) is 31.8 Å². The lowest BCUT2D eigenvalue weighted by Crippen LogP contribution is -2.42. The number of hydrogen-bond acceptors (Lipinski definition) is 9. The zero-order chi connectivity index (χ0) is 23.2. The molecule has 10 nitrogen and oxygen atoms in total. The van der Waals surface area contributed by atoms with Crippen molar-refractivity contribution in [1.29, 1.82) is 0 Å². The first-order valence-electron chi connectivity index (χ1n) is 10.9. The summed E-state index contributed by atoms with van der Waals surface area (Å²) < 4.78 is 38.4. The van der Waals surface area contributed by atoms with Crippen LogP contribution in [0.4, 0.5) is 4.79 Å². The summed E-state index contributed by atoms with van der Waals surface area (Å²) in [5.74, 6) is 1.52. The number of piperidine rings is 1.